The fourth-order valence-corrected chi connectivity index (χ4v) is 4.18. The predicted molar refractivity (Wildman–Crippen MR) is 121 cm³/mol. The molecule has 7 nitrogen and oxygen atoms in total. The number of hydrogen-bond acceptors (Lipinski definition) is 7. The van der Waals surface area contributed by atoms with Gasteiger partial charge >= 0.3 is 0 Å². The standard InChI is InChI=1S/C23H22FN5O2S/c1-16-19(23(27-15-26-16)29-9-11-31-12-10-29)8-7-18-13-21(17(2)25-14-18)28-32(30)22-6-4-3-5-20(22)24/h3-6,13-15,28H,9-12H2,1-2H3. The summed E-state index contributed by atoms with van der Waals surface area (Å²) in [5, 5.41) is 0. The van der Waals surface area contributed by atoms with Crippen molar-refractivity contribution in [2.24, 2.45) is 0 Å². The second kappa shape index (κ2) is 9.96. The quantitative estimate of drug-likeness (QED) is 0.482. The molecule has 1 unspecified atom stereocenters. The first-order chi connectivity index (χ1) is 15.5. The van der Waals surface area contributed by atoms with Gasteiger partial charge in [-0.3, -0.25) is 4.98 Å². The molecule has 1 atom stereocenters. The molecule has 0 radical (unpaired) electrons. The summed E-state index contributed by atoms with van der Waals surface area (Å²) in [6.45, 7) is 6.45. The Balaban J connectivity index is 1.60. The maximum atomic E-state index is 14.0. The molecule has 1 saturated heterocycles. The van der Waals surface area contributed by atoms with E-state index < -0.39 is 17.2 Å². The minimum absolute atomic E-state index is 0.0793. The van der Waals surface area contributed by atoms with Crippen molar-refractivity contribution in [2.75, 3.05) is 35.9 Å². The topological polar surface area (TPSA) is 86.2 Å². The molecule has 1 aliphatic rings. The first kappa shape index (κ1) is 22.0. The van der Waals surface area contributed by atoms with Crippen LogP contribution in [0.2, 0.25) is 0 Å². The maximum Gasteiger partial charge on any atom is 0.215 e. The number of morpholine rings is 1. The van der Waals surface area contributed by atoms with Gasteiger partial charge in [-0.25, -0.2) is 19.1 Å². The van der Waals surface area contributed by atoms with Crippen molar-refractivity contribution in [3.05, 3.63) is 71.2 Å². The number of halogens is 1. The number of anilines is 2. The second-order valence-corrected chi connectivity index (χ2v) is 8.35. The Morgan fingerprint density at radius 3 is 2.66 bits per heavy atom. The summed E-state index contributed by atoms with van der Waals surface area (Å²) in [6, 6.07) is 7.71. The van der Waals surface area contributed by atoms with Gasteiger partial charge in [-0.15, -0.1) is 0 Å². The van der Waals surface area contributed by atoms with E-state index >= 15 is 0 Å². The number of hydrogen-bond donors (Lipinski definition) is 1. The lowest BCUT2D eigenvalue weighted by molar-refractivity contribution is 0.122. The van der Waals surface area contributed by atoms with Crippen molar-refractivity contribution in [2.45, 2.75) is 18.7 Å². The zero-order chi connectivity index (χ0) is 22.5. The smallest absolute Gasteiger partial charge is 0.215 e. The van der Waals surface area contributed by atoms with Crippen LogP contribution >= 0.6 is 0 Å². The number of rotatable bonds is 4. The lowest BCUT2D eigenvalue weighted by Crippen LogP contribution is -2.37. The lowest BCUT2D eigenvalue weighted by Gasteiger charge is -2.28. The maximum absolute atomic E-state index is 14.0. The van der Waals surface area contributed by atoms with Gasteiger partial charge in [-0.05, 0) is 32.0 Å². The molecule has 164 valence electrons. The number of ether oxygens (including phenoxy) is 1. The molecule has 4 rings (SSSR count). The molecule has 1 aromatic carbocycles. The summed E-state index contributed by atoms with van der Waals surface area (Å²) in [4.78, 5) is 15.3. The molecule has 1 aliphatic heterocycles. The normalized spacial score (nSPS) is 14.4. The third-order valence-corrected chi connectivity index (χ3v) is 6.12. The average molecular weight is 452 g/mol. The van der Waals surface area contributed by atoms with Crippen molar-refractivity contribution in [1.29, 1.82) is 0 Å². The van der Waals surface area contributed by atoms with Crippen LogP contribution in [-0.2, 0) is 16.1 Å². The van der Waals surface area contributed by atoms with Crippen molar-refractivity contribution in [1.82, 2.24) is 15.0 Å². The Morgan fingerprint density at radius 2 is 1.88 bits per heavy atom. The number of pyridine rings is 1. The van der Waals surface area contributed by atoms with Crippen molar-refractivity contribution in [3.63, 3.8) is 0 Å². The average Bonchev–Trinajstić information content (AvgIpc) is 2.81. The van der Waals surface area contributed by atoms with Crippen LogP contribution < -0.4 is 9.62 Å². The van der Waals surface area contributed by atoms with Gasteiger partial charge in [0.2, 0.25) is 4.90 Å². The van der Waals surface area contributed by atoms with E-state index in [1.165, 1.54) is 12.1 Å². The van der Waals surface area contributed by atoms with Gasteiger partial charge in [-0.2, -0.15) is 0 Å². The predicted octanol–water partition coefficient (Wildman–Crippen LogP) is 3.00. The summed E-state index contributed by atoms with van der Waals surface area (Å²) in [5.74, 6) is 6.54. The Morgan fingerprint density at radius 1 is 1.09 bits per heavy atom. The molecule has 3 aromatic rings. The summed E-state index contributed by atoms with van der Waals surface area (Å²) in [6.07, 6.45) is 3.19. The molecule has 2 aromatic heterocycles. The minimum atomic E-state index is -1.77. The zero-order valence-corrected chi connectivity index (χ0v) is 18.6. The van der Waals surface area contributed by atoms with E-state index in [2.05, 4.69) is 36.4 Å². The van der Waals surface area contributed by atoms with E-state index in [1.807, 2.05) is 6.92 Å². The first-order valence-corrected chi connectivity index (χ1v) is 11.2. The van der Waals surface area contributed by atoms with Crippen LogP contribution in [0.1, 0.15) is 22.5 Å². The van der Waals surface area contributed by atoms with Crippen LogP contribution in [0.25, 0.3) is 0 Å². The highest BCUT2D eigenvalue weighted by atomic mass is 32.2. The number of benzene rings is 1. The zero-order valence-electron chi connectivity index (χ0n) is 17.8. The third kappa shape index (κ3) is 4.99. The number of aryl methyl sites for hydroxylation is 2. The molecule has 1 fully saturated rings. The van der Waals surface area contributed by atoms with Gasteiger partial charge in [0.25, 0.3) is 0 Å². The summed E-state index contributed by atoms with van der Waals surface area (Å²) in [5.41, 5.74) is 3.31. The van der Waals surface area contributed by atoms with E-state index in [4.69, 9.17) is 4.74 Å². The number of nitrogens with one attached hydrogen (secondary N) is 1. The minimum Gasteiger partial charge on any atom is -0.588 e. The Labute approximate surface area is 189 Å². The molecular weight excluding hydrogens is 429 g/mol. The highest BCUT2D eigenvalue weighted by Gasteiger charge is 2.19. The third-order valence-electron chi connectivity index (χ3n) is 4.99. The molecule has 0 amide bonds. The lowest BCUT2D eigenvalue weighted by atomic mass is 10.1. The Hall–Kier alpha value is -3.19. The highest BCUT2D eigenvalue weighted by molar-refractivity contribution is 7.92. The van der Waals surface area contributed by atoms with Crippen LogP contribution in [0.4, 0.5) is 15.9 Å². The van der Waals surface area contributed by atoms with E-state index in [0.29, 0.717) is 30.2 Å². The summed E-state index contributed by atoms with van der Waals surface area (Å²) >= 11 is -1.77. The van der Waals surface area contributed by atoms with Crippen molar-refractivity contribution < 1.29 is 13.7 Å². The molecule has 0 saturated carbocycles. The van der Waals surface area contributed by atoms with Gasteiger partial charge < -0.3 is 14.2 Å². The monoisotopic (exact) mass is 451 g/mol. The van der Waals surface area contributed by atoms with Crippen LogP contribution in [-0.4, -0.2) is 45.8 Å². The highest BCUT2D eigenvalue weighted by Crippen LogP contribution is 2.22. The molecule has 3 heterocycles. The van der Waals surface area contributed by atoms with Gasteiger partial charge in [0.05, 0.1) is 30.2 Å². The second-order valence-electron chi connectivity index (χ2n) is 7.17. The molecule has 1 N–H and O–H groups in total. The van der Waals surface area contributed by atoms with E-state index in [9.17, 15) is 8.94 Å². The van der Waals surface area contributed by atoms with E-state index in [0.717, 1.165) is 30.2 Å². The van der Waals surface area contributed by atoms with Gasteiger partial charge in [0, 0.05) is 24.8 Å². The van der Waals surface area contributed by atoms with Crippen molar-refractivity contribution >= 4 is 22.9 Å². The van der Waals surface area contributed by atoms with E-state index in [1.54, 1.807) is 37.6 Å². The van der Waals surface area contributed by atoms with E-state index in [-0.39, 0.29) is 4.90 Å². The Bertz CT molecular complexity index is 1170. The number of aromatic nitrogens is 3. The van der Waals surface area contributed by atoms with Crippen LogP contribution in [0.15, 0.2) is 47.8 Å². The van der Waals surface area contributed by atoms with Gasteiger partial charge in [-0.1, -0.05) is 24.0 Å². The largest absolute Gasteiger partial charge is 0.588 e. The molecule has 32 heavy (non-hydrogen) atoms. The van der Waals surface area contributed by atoms with Gasteiger partial charge in [0.15, 0.2) is 5.82 Å². The van der Waals surface area contributed by atoms with Crippen LogP contribution in [0.3, 0.4) is 0 Å². The molecule has 0 spiro atoms. The first-order valence-electron chi connectivity index (χ1n) is 10.1. The fourth-order valence-electron chi connectivity index (χ4n) is 3.21. The Kier molecular flexibility index (Phi) is 6.85. The molecular formula is C23H22FN5O2S. The van der Waals surface area contributed by atoms with Crippen LogP contribution in [0.5, 0.6) is 0 Å². The summed E-state index contributed by atoms with van der Waals surface area (Å²) < 4.78 is 34.8. The molecule has 0 aliphatic carbocycles. The number of nitrogens with zero attached hydrogens (tertiary/aromatic N) is 4. The van der Waals surface area contributed by atoms with Crippen molar-refractivity contribution in [3.8, 4) is 11.8 Å². The SMILES string of the molecule is Cc1ncc(C#Cc2c(C)ncnc2N2CCOCC2)cc1N[S+]([O-])c1ccccc1F. The molecule has 9 heteroatoms. The van der Waals surface area contributed by atoms with Gasteiger partial charge in [0.1, 0.15) is 29.2 Å². The molecule has 0 bridgehead atoms. The fraction of sp³-hybridized carbons (Fsp3) is 0.261. The van der Waals surface area contributed by atoms with Crippen LogP contribution in [0, 0.1) is 31.5 Å². The summed E-state index contributed by atoms with van der Waals surface area (Å²) in [7, 11) is 0.